The van der Waals surface area contributed by atoms with Crippen molar-refractivity contribution >= 4 is 23.1 Å². The Morgan fingerprint density at radius 2 is 2.04 bits per heavy atom. The van der Waals surface area contributed by atoms with Gasteiger partial charge in [-0.25, -0.2) is 0 Å². The third-order valence-corrected chi connectivity index (χ3v) is 5.39. The molecular formula is C18H23N3O2S. The standard InChI is InChI=1S/C18H23N3O2S/c1-13-16(12-24-20-13)10-19-17-4-2-15(3-5-17)18(23)21-8-6-14(11-22)7-9-21/h2-5,12,14,19,22H,6-11H2,1H3. The Hall–Kier alpha value is -1.92. The van der Waals surface area contributed by atoms with Crippen LogP contribution < -0.4 is 5.32 Å². The molecule has 0 atom stereocenters. The minimum Gasteiger partial charge on any atom is -0.396 e. The van der Waals surface area contributed by atoms with E-state index in [9.17, 15) is 9.90 Å². The van der Waals surface area contributed by atoms with Crippen LogP contribution in [0.15, 0.2) is 29.6 Å². The minimum atomic E-state index is 0.0795. The van der Waals surface area contributed by atoms with E-state index in [-0.39, 0.29) is 12.5 Å². The highest BCUT2D eigenvalue weighted by atomic mass is 32.1. The van der Waals surface area contributed by atoms with E-state index in [4.69, 9.17) is 0 Å². The van der Waals surface area contributed by atoms with Crippen LogP contribution in [0.5, 0.6) is 0 Å². The number of aromatic nitrogens is 1. The van der Waals surface area contributed by atoms with Crippen LogP contribution in [-0.4, -0.2) is 40.0 Å². The molecule has 2 N–H and O–H groups in total. The average Bonchev–Trinajstić information content (AvgIpc) is 3.05. The Bertz CT molecular complexity index is 676. The molecule has 1 amide bonds. The van der Waals surface area contributed by atoms with Crippen LogP contribution in [0.25, 0.3) is 0 Å². The van der Waals surface area contributed by atoms with Gasteiger partial charge >= 0.3 is 0 Å². The number of hydrogen-bond donors (Lipinski definition) is 2. The molecule has 5 nitrogen and oxygen atoms in total. The van der Waals surface area contributed by atoms with Crippen molar-refractivity contribution in [2.45, 2.75) is 26.3 Å². The van der Waals surface area contributed by atoms with Crippen molar-refractivity contribution in [3.05, 3.63) is 46.5 Å². The fraction of sp³-hybridized carbons (Fsp3) is 0.444. The summed E-state index contributed by atoms with van der Waals surface area (Å²) in [5.41, 5.74) is 3.98. The van der Waals surface area contributed by atoms with Gasteiger partial charge in [-0.05, 0) is 61.5 Å². The van der Waals surface area contributed by atoms with Crippen molar-refractivity contribution in [2.24, 2.45) is 5.92 Å². The van der Waals surface area contributed by atoms with Gasteiger partial charge in [-0.3, -0.25) is 4.79 Å². The number of carbonyl (C=O) groups is 1. The number of aliphatic hydroxyl groups is 1. The maximum Gasteiger partial charge on any atom is 0.253 e. The zero-order valence-electron chi connectivity index (χ0n) is 13.9. The fourth-order valence-corrected chi connectivity index (χ4v) is 3.62. The monoisotopic (exact) mass is 345 g/mol. The van der Waals surface area contributed by atoms with Gasteiger partial charge in [0.1, 0.15) is 0 Å². The van der Waals surface area contributed by atoms with Crippen LogP contribution in [0, 0.1) is 12.8 Å². The van der Waals surface area contributed by atoms with E-state index in [1.54, 1.807) is 0 Å². The van der Waals surface area contributed by atoms with E-state index < -0.39 is 0 Å². The zero-order valence-corrected chi connectivity index (χ0v) is 14.7. The molecule has 0 radical (unpaired) electrons. The smallest absolute Gasteiger partial charge is 0.253 e. The Labute approximate surface area is 146 Å². The molecule has 0 spiro atoms. The lowest BCUT2D eigenvalue weighted by molar-refractivity contribution is 0.0651. The van der Waals surface area contributed by atoms with Crippen LogP contribution in [-0.2, 0) is 6.54 Å². The topological polar surface area (TPSA) is 65.5 Å². The average molecular weight is 345 g/mol. The second-order valence-electron chi connectivity index (χ2n) is 6.27. The van der Waals surface area contributed by atoms with E-state index in [1.807, 2.05) is 36.1 Å². The molecule has 1 saturated heterocycles. The molecule has 2 heterocycles. The van der Waals surface area contributed by atoms with Gasteiger partial charge in [0, 0.05) is 48.4 Å². The zero-order chi connectivity index (χ0) is 16.9. The van der Waals surface area contributed by atoms with Crippen molar-refractivity contribution < 1.29 is 9.90 Å². The number of aryl methyl sites for hydroxylation is 1. The largest absolute Gasteiger partial charge is 0.396 e. The maximum absolute atomic E-state index is 12.5. The Morgan fingerprint density at radius 1 is 1.33 bits per heavy atom. The molecule has 0 unspecified atom stereocenters. The number of piperidine rings is 1. The van der Waals surface area contributed by atoms with Crippen LogP contribution in [0.4, 0.5) is 5.69 Å². The molecule has 128 valence electrons. The molecule has 0 bridgehead atoms. The van der Waals surface area contributed by atoms with Crippen molar-refractivity contribution in [1.82, 2.24) is 9.27 Å². The van der Waals surface area contributed by atoms with Gasteiger partial charge in [0.15, 0.2) is 0 Å². The Kier molecular flexibility index (Phi) is 5.48. The predicted octanol–water partition coefficient (Wildman–Crippen LogP) is 2.91. The highest BCUT2D eigenvalue weighted by Crippen LogP contribution is 2.20. The summed E-state index contributed by atoms with van der Waals surface area (Å²) >= 11 is 1.47. The van der Waals surface area contributed by atoms with E-state index in [1.165, 1.54) is 17.1 Å². The Morgan fingerprint density at radius 3 is 2.62 bits per heavy atom. The van der Waals surface area contributed by atoms with Gasteiger partial charge in [-0.2, -0.15) is 4.37 Å². The van der Waals surface area contributed by atoms with Gasteiger partial charge in [0.2, 0.25) is 0 Å². The lowest BCUT2D eigenvalue weighted by Gasteiger charge is -2.31. The first kappa shape index (κ1) is 16.9. The number of hydrogen-bond acceptors (Lipinski definition) is 5. The van der Waals surface area contributed by atoms with Crippen molar-refractivity contribution in [2.75, 3.05) is 25.0 Å². The highest BCUT2D eigenvalue weighted by molar-refractivity contribution is 7.03. The van der Waals surface area contributed by atoms with Crippen molar-refractivity contribution in [3.63, 3.8) is 0 Å². The first-order chi connectivity index (χ1) is 11.7. The molecular weight excluding hydrogens is 322 g/mol. The second-order valence-corrected chi connectivity index (χ2v) is 6.90. The molecule has 1 aliphatic rings. The lowest BCUT2D eigenvalue weighted by Crippen LogP contribution is -2.39. The van der Waals surface area contributed by atoms with Crippen LogP contribution in [0.2, 0.25) is 0 Å². The summed E-state index contributed by atoms with van der Waals surface area (Å²) in [6, 6.07) is 7.65. The maximum atomic E-state index is 12.5. The van der Waals surface area contributed by atoms with Crippen LogP contribution in [0.1, 0.15) is 34.5 Å². The Balaban J connectivity index is 1.56. The summed E-state index contributed by atoms with van der Waals surface area (Å²) in [6.07, 6.45) is 1.77. The van der Waals surface area contributed by atoms with Crippen molar-refractivity contribution in [3.8, 4) is 0 Å². The van der Waals surface area contributed by atoms with Gasteiger partial charge in [-0.15, -0.1) is 0 Å². The fourth-order valence-electron chi connectivity index (χ4n) is 2.91. The molecule has 0 saturated carbocycles. The molecule has 1 aliphatic heterocycles. The number of likely N-dealkylation sites (tertiary alicyclic amines) is 1. The number of nitrogens with one attached hydrogen (secondary N) is 1. The molecule has 1 aromatic carbocycles. The molecule has 1 fully saturated rings. The van der Waals surface area contributed by atoms with Gasteiger partial charge in [-0.1, -0.05) is 0 Å². The summed E-state index contributed by atoms with van der Waals surface area (Å²) in [5.74, 6) is 0.423. The summed E-state index contributed by atoms with van der Waals surface area (Å²) in [5, 5.41) is 14.6. The summed E-state index contributed by atoms with van der Waals surface area (Å²) < 4.78 is 4.27. The first-order valence-corrected chi connectivity index (χ1v) is 9.15. The summed E-state index contributed by atoms with van der Waals surface area (Å²) in [6.45, 7) is 4.43. The highest BCUT2D eigenvalue weighted by Gasteiger charge is 2.23. The summed E-state index contributed by atoms with van der Waals surface area (Å²) in [4.78, 5) is 14.4. The molecule has 6 heteroatoms. The third kappa shape index (κ3) is 3.94. The van der Waals surface area contributed by atoms with Crippen LogP contribution in [0.3, 0.4) is 0 Å². The number of carbonyl (C=O) groups excluding carboxylic acids is 1. The lowest BCUT2D eigenvalue weighted by atomic mass is 9.97. The molecule has 2 aromatic rings. The number of nitrogens with zero attached hydrogens (tertiary/aromatic N) is 2. The van der Waals surface area contributed by atoms with Crippen LogP contribution >= 0.6 is 11.5 Å². The SMILES string of the molecule is Cc1nscc1CNc1ccc(C(=O)N2CCC(CO)CC2)cc1. The molecule has 1 aromatic heterocycles. The third-order valence-electron chi connectivity index (χ3n) is 4.62. The van der Waals surface area contributed by atoms with Gasteiger partial charge < -0.3 is 15.3 Å². The molecule has 3 rings (SSSR count). The molecule has 24 heavy (non-hydrogen) atoms. The second kappa shape index (κ2) is 7.77. The number of benzene rings is 1. The van der Waals surface area contributed by atoms with E-state index in [2.05, 4.69) is 15.1 Å². The number of aliphatic hydroxyl groups excluding tert-OH is 1. The van der Waals surface area contributed by atoms with E-state index in [0.29, 0.717) is 5.92 Å². The summed E-state index contributed by atoms with van der Waals surface area (Å²) in [7, 11) is 0. The first-order valence-electron chi connectivity index (χ1n) is 8.31. The number of anilines is 1. The number of amides is 1. The minimum absolute atomic E-state index is 0.0795. The van der Waals surface area contributed by atoms with Crippen molar-refractivity contribution in [1.29, 1.82) is 0 Å². The molecule has 0 aliphatic carbocycles. The van der Waals surface area contributed by atoms with Gasteiger partial charge in [0.05, 0.1) is 5.69 Å². The predicted molar refractivity (Wildman–Crippen MR) is 96.3 cm³/mol. The number of rotatable bonds is 5. The quantitative estimate of drug-likeness (QED) is 0.874. The van der Waals surface area contributed by atoms with E-state index >= 15 is 0 Å². The van der Waals surface area contributed by atoms with Gasteiger partial charge in [0.25, 0.3) is 5.91 Å². The normalized spacial score (nSPS) is 15.5. The van der Waals surface area contributed by atoms with E-state index in [0.717, 1.165) is 49.4 Å².